The Bertz CT molecular complexity index is 1810. The number of carbonyl (C=O) groups excluding carboxylic acids is 3. The molecule has 0 amide bonds. The lowest BCUT2D eigenvalue weighted by Gasteiger charge is -2.18. The third-order valence-corrected chi connectivity index (χ3v) is 13.5. The number of allylic oxidation sites excluding steroid dienone is 25. The quantitative estimate of drug-likeness (QED) is 0.0261. The number of hydrogen-bond acceptors (Lipinski definition) is 6. The molecule has 0 N–H and O–H groups in total. The van der Waals surface area contributed by atoms with Gasteiger partial charge in [-0.1, -0.05) is 288 Å². The Morgan fingerprint density at radius 1 is 0.272 bits per heavy atom. The van der Waals surface area contributed by atoms with Crippen LogP contribution in [0.15, 0.2) is 158 Å². The van der Waals surface area contributed by atoms with Crippen LogP contribution in [0.5, 0.6) is 0 Å². The molecule has 0 fully saturated rings. The summed E-state index contributed by atoms with van der Waals surface area (Å²) in [6.07, 6.45) is 98.5. The molecule has 6 heteroatoms. The first-order valence-corrected chi connectivity index (χ1v) is 33.0. The number of esters is 3. The van der Waals surface area contributed by atoms with E-state index in [1.54, 1.807) is 6.08 Å². The van der Waals surface area contributed by atoms with Crippen LogP contribution < -0.4 is 0 Å². The molecular formula is C75H120O6. The number of hydrogen-bond donors (Lipinski definition) is 0. The van der Waals surface area contributed by atoms with E-state index in [-0.39, 0.29) is 38.0 Å². The van der Waals surface area contributed by atoms with E-state index in [0.717, 1.165) is 128 Å². The van der Waals surface area contributed by atoms with Crippen LogP contribution in [0.1, 0.15) is 278 Å². The second-order valence-corrected chi connectivity index (χ2v) is 21.3. The molecule has 0 heterocycles. The van der Waals surface area contributed by atoms with Crippen LogP contribution in [0.4, 0.5) is 0 Å². The van der Waals surface area contributed by atoms with Crippen molar-refractivity contribution in [3.63, 3.8) is 0 Å². The molecule has 6 nitrogen and oxygen atoms in total. The zero-order chi connectivity index (χ0) is 58.5. The van der Waals surface area contributed by atoms with Gasteiger partial charge in [0.15, 0.2) is 6.10 Å². The van der Waals surface area contributed by atoms with Crippen LogP contribution >= 0.6 is 0 Å². The smallest absolute Gasteiger partial charge is 0.309 e. The van der Waals surface area contributed by atoms with E-state index in [2.05, 4.69) is 167 Å². The number of rotatable bonds is 58. The average molecular weight is 1120 g/mol. The van der Waals surface area contributed by atoms with Crippen LogP contribution in [0, 0.1) is 0 Å². The number of ether oxygens (including phenoxy) is 3. The van der Waals surface area contributed by atoms with E-state index in [0.29, 0.717) is 6.42 Å². The van der Waals surface area contributed by atoms with Gasteiger partial charge in [-0.25, -0.2) is 0 Å². The molecule has 0 saturated carbocycles. The van der Waals surface area contributed by atoms with E-state index in [1.165, 1.54) is 109 Å². The van der Waals surface area contributed by atoms with Gasteiger partial charge < -0.3 is 14.2 Å². The van der Waals surface area contributed by atoms with E-state index in [1.807, 2.05) is 6.08 Å². The second-order valence-electron chi connectivity index (χ2n) is 21.3. The van der Waals surface area contributed by atoms with E-state index >= 15 is 0 Å². The van der Waals surface area contributed by atoms with Crippen molar-refractivity contribution in [3.8, 4) is 0 Å². The van der Waals surface area contributed by atoms with Gasteiger partial charge in [0.1, 0.15) is 13.2 Å². The van der Waals surface area contributed by atoms with Gasteiger partial charge in [-0.2, -0.15) is 0 Å². The van der Waals surface area contributed by atoms with Gasteiger partial charge in [-0.3, -0.25) is 14.4 Å². The van der Waals surface area contributed by atoms with Gasteiger partial charge in [0.2, 0.25) is 0 Å². The highest BCUT2D eigenvalue weighted by Gasteiger charge is 2.19. The molecule has 0 rings (SSSR count). The highest BCUT2D eigenvalue weighted by atomic mass is 16.6. The Labute approximate surface area is 499 Å². The van der Waals surface area contributed by atoms with Crippen molar-refractivity contribution in [1.29, 1.82) is 0 Å². The molecule has 0 aromatic rings. The predicted octanol–water partition coefficient (Wildman–Crippen LogP) is 22.9. The summed E-state index contributed by atoms with van der Waals surface area (Å²) < 4.78 is 16.8. The van der Waals surface area contributed by atoms with Crippen molar-refractivity contribution in [2.45, 2.75) is 284 Å². The van der Waals surface area contributed by atoms with Crippen molar-refractivity contribution < 1.29 is 28.6 Å². The Balaban J connectivity index is 4.45. The number of carbonyl (C=O) groups is 3. The van der Waals surface area contributed by atoms with E-state index in [9.17, 15) is 14.4 Å². The van der Waals surface area contributed by atoms with Crippen LogP contribution in [0.3, 0.4) is 0 Å². The van der Waals surface area contributed by atoms with Crippen LogP contribution in [-0.2, 0) is 28.6 Å². The average Bonchev–Trinajstić information content (AvgIpc) is 3.47. The third kappa shape index (κ3) is 65.7. The summed E-state index contributed by atoms with van der Waals surface area (Å²) in [5.41, 5.74) is 0. The van der Waals surface area contributed by atoms with E-state index < -0.39 is 12.1 Å². The summed E-state index contributed by atoms with van der Waals surface area (Å²) in [5, 5.41) is 0. The maximum absolute atomic E-state index is 12.9. The molecule has 456 valence electrons. The molecule has 0 bridgehead atoms. The summed E-state index contributed by atoms with van der Waals surface area (Å²) in [6, 6.07) is 0. The molecule has 0 aliphatic rings. The minimum atomic E-state index is -0.835. The SMILES string of the molecule is CC/C=C\C/C=C\C/C=C\C/C=C\C/C=C\CCCCCCCCCCCCCC(=O)OCC(COC(=O)C/C=C\C/C=C\C/C=C\C/C=C\C/C=C\CC)OC(=O)CCCCCCCC/C=C\C/C=C\C/C=C\CCCCCCC. The molecule has 0 aromatic heterocycles. The summed E-state index contributed by atoms with van der Waals surface area (Å²) in [4.78, 5) is 38.3. The molecule has 0 radical (unpaired) electrons. The highest BCUT2D eigenvalue weighted by Crippen LogP contribution is 2.15. The van der Waals surface area contributed by atoms with Crippen LogP contribution in [0.25, 0.3) is 0 Å². The van der Waals surface area contributed by atoms with E-state index in [4.69, 9.17) is 14.2 Å². The molecular weight excluding hydrogens is 997 g/mol. The maximum Gasteiger partial charge on any atom is 0.309 e. The zero-order valence-electron chi connectivity index (χ0n) is 52.2. The topological polar surface area (TPSA) is 78.9 Å². The van der Waals surface area contributed by atoms with Gasteiger partial charge in [0.05, 0.1) is 6.42 Å². The molecule has 1 unspecified atom stereocenters. The molecule has 0 aliphatic carbocycles. The van der Waals surface area contributed by atoms with Crippen LogP contribution in [0.2, 0.25) is 0 Å². The fourth-order valence-corrected chi connectivity index (χ4v) is 8.67. The summed E-state index contributed by atoms with van der Waals surface area (Å²) >= 11 is 0. The molecule has 0 saturated heterocycles. The first-order chi connectivity index (χ1) is 40.0. The minimum Gasteiger partial charge on any atom is -0.462 e. The molecule has 1 atom stereocenters. The fourth-order valence-electron chi connectivity index (χ4n) is 8.67. The summed E-state index contributed by atoms with van der Waals surface area (Å²) in [5.74, 6) is -1.07. The maximum atomic E-state index is 12.9. The van der Waals surface area contributed by atoms with Crippen molar-refractivity contribution in [3.05, 3.63) is 158 Å². The second kappa shape index (κ2) is 67.5. The van der Waals surface area contributed by atoms with Crippen molar-refractivity contribution in [1.82, 2.24) is 0 Å². The highest BCUT2D eigenvalue weighted by molar-refractivity contribution is 5.72. The van der Waals surface area contributed by atoms with Gasteiger partial charge in [0.25, 0.3) is 0 Å². The van der Waals surface area contributed by atoms with Gasteiger partial charge in [-0.15, -0.1) is 0 Å². The molecule has 0 spiro atoms. The predicted molar refractivity (Wildman–Crippen MR) is 352 cm³/mol. The Hall–Kier alpha value is -4.97. The lowest BCUT2D eigenvalue weighted by Crippen LogP contribution is -2.30. The molecule has 0 aromatic carbocycles. The summed E-state index contributed by atoms with van der Waals surface area (Å²) in [6.45, 7) is 6.30. The van der Waals surface area contributed by atoms with Gasteiger partial charge >= 0.3 is 17.9 Å². The number of unbranched alkanes of at least 4 members (excludes halogenated alkanes) is 22. The monoisotopic (exact) mass is 1120 g/mol. The van der Waals surface area contributed by atoms with Crippen molar-refractivity contribution >= 4 is 17.9 Å². The standard InChI is InChI=1S/C75H120O6/c1-4-7-10-13-16-19-22-25-28-30-32-34-35-36-37-38-39-41-42-44-47-50-53-56-59-62-65-68-74(77)80-71-72(70-79-73(76)67-64-61-58-55-52-49-46-27-24-21-18-15-12-9-6-3)81-75(78)69-66-63-60-57-54-51-48-45-43-40-33-31-29-26-23-20-17-14-11-8-5-2/h7,9-10,12,16,18-19,21,23,25-28,31-34,36-37,43,45-46,52,55,61,64,72H,4-6,8,11,13-15,17,20,22,24,29-30,35,38-42,44,47-51,53-54,56-60,62-63,65-71H2,1-3H3/b10-7-,12-9-,19-16-,21-18-,26-23-,28-25-,33-31-,34-32-,37-36-,45-43-,46-27-,55-52-,64-61-. The lowest BCUT2D eigenvalue weighted by molar-refractivity contribution is -0.166. The molecule has 81 heavy (non-hydrogen) atoms. The Kier molecular flexibility index (Phi) is 63.4. The normalized spacial score (nSPS) is 13.2. The largest absolute Gasteiger partial charge is 0.462 e. The minimum absolute atomic E-state index is 0.117. The zero-order valence-corrected chi connectivity index (χ0v) is 52.2. The van der Waals surface area contributed by atoms with Crippen molar-refractivity contribution in [2.24, 2.45) is 0 Å². The first-order valence-electron chi connectivity index (χ1n) is 33.0. The van der Waals surface area contributed by atoms with Crippen molar-refractivity contribution in [2.75, 3.05) is 13.2 Å². The Morgan fingerprint density at radius 2 is 0.531 bits per heavy atom. The third-order valence-electron chi connectivity index (χ3n) is 13.5. The summed E-state index contributed by atoms with van der Waals surface area (Å²) in [7, 11) is 0. The fraction of sp³-hybridized carbons (Fsp3) is 0.613. The van der Waals surface area contributed by atoms with Gasteiger partial charge in [0, 0.05) is 12.8 Å². The van der Waals surface area contributed by atoms with Crippen LogP contribution in [-0.4, -0.2) is 37.2 Å². The first kappa shape index (κ1) is 76.0. The lowest BCUT2D eigenvalue weighted by atomic mass is 10.0. The molecule has 0 aliphatic heterocycles. The Morgan fingerprint density at radius 3 is 0.864 bits per heavy atom. The van der Waals surface area contributed by atoms with Gasteiger partial charge in [-0.05, 0) is 128 Å².